The molecule has 0 aliphatic carbocycles. The van der Waals surface area contributed by atoms with Gasteiger partial charge >= 0.3 is 6.18 Å². The molecule has 1 aliphatic rings. The molecule has 1 aliphatic heterocycles. The van der Waals surface area contributed by atoms with Crippen LogP contribution >= 0.6 is 0 Å². The summed E-state index contributed by atoms with van der Waals surface area (Å²) in [6, 6.07) is 3.77. The van der Waals surface area contributed by atoms with E-state index in [0.29, 0.717) is 10.6 Å². The highest BCUT2D eigenvalue weighted by Gasteiger charge is 2.46. The van der Waals surface area contributed by atoms with Crippen LogP contribution in [0, 0.1) is 0 Å². The standard InChI is InChI=1S/C19H23F5N2O/c1-3-13-4-6-14(7-5-13)8-15-9-18(19(22,23)24)26(16(10-20)11-21)25-17(15)12-27-2/h4-7,9,16,18H,3,8,10-12H2,1-2H3. The molecule has 0 spiro atoms. The minimum atomic E-state index is -4.71. The van der Waals surface area contributed by atoms with E-state index in [9.17, 15) is 22.0 Å². The fourth-order valence-corrected chi connectivity index (χ4v) is 2.90. The van der Waals surface area contributed by atoms with E-state index in [2.05, 4.69) is 5.10 Å². The Morgan fingerprint density at radius 1 is 1.11 bits per heavy atom. The third-order valence-electron chi connectivity index (χ3n) is 4.42. The van der Waals surface area contributed by atoms with Gasteiger partial charge in [-0.1, -0.05) is 31.2 Å². The highest BCUT2D eigenvalue weighted by atomic mass is 19.4. The van der Waals surface area contributed by atoms with Crippen LogP contribution in [0.1, 0.15) is 18.1 Å². The van der Waals surface area contributed by atoms with Crippen LogP contribution in [-0.2, 0) is 17.6 Å². The van der Waals surface area contributed by atoms with E-state index in [4.69, 9.17) is 4.74 Å². The third kappa shape index (κ3) is 5.28. The van der Waals surface area contributed by atoms with Gasteiger partial charge in [0, 0.05) is 7.11 Å². The Labute approximate surface area is 155 Å². The van der Waals surface area contributed by atoms with Gasteiger partial charge in [0.1, 0.15) is 19.4 Å². The molecule has 0 radical (unpaired) electrons. The molecule has 0 aromatic heterocycles. The largest absolute Gasteiger partial charge is 0.414 e. The predicted molar refractivity (Wildman–Crippen MR) is 94.3 cm³/mol. The summed E-state index contributed by atoms with van der Waals surface area (Å²) in [5.41, 5.74) is 2.53. The van der Waals surface area contributed by atoms with Crippen molar-refractivity contribution >= 4 is 5.71 Å². The van der Waals surface area contributed by atoms with Gasteiger partial charge in [0.25, 0.3) is 0 Å². The molecule has 0 saturated carbocycles. The molecule has 0 amide bonds. The second-order valence-corrected chi connectivity index (χ2v) is 6.35. The zero-order valence-electron chi connectivity index (χ0n) is 15.3. The zero-order chi connectivity index (χ0) is 20.0. The second-order valence-electron chi connectivity index (χ2n) is 6.35. The average Bonchev–Trinajstić information content (AvgIpc) is 2.64. The summed E-state index contributed by atoms with van der Waals surface area (Å²) in [5.74, 6) is 0. The number of halogens is 5. The van der Waals surface area contributed by atoms with Gasteiger partial charge in [0.05, 0.1) is 12.3 Å². The Hall–Kier alpha value is -1.96. The lowest BCUT2D eigenvalue weighted by molar-refractivity contribution is -0.178. The summed E-state index contributed by atoms with van der Waals surface area (Å²) in [4.78, 5) is 0. The Morgan fingerprint density at radius 2 is 1.70 bits per heavy atom. The van der Waals surface area contributed by atoms with Crippen LogP contribution in [0.4, 0.5) is 22.0 Å². The molecule has 8 heteroatoms. The van der Waals surface area contributed by atoms with Crippen molar-refractivity contribution in [3.8, 4) is 0 Å². The normalized spacial score (nSPS) is 17.9. The van der Waals surface area contributed by atoms with E-state index in [1.54, 1.807) is 0 Å². The molecular weight excluding hydrogens is 367 g/mol. The first kappa shape index (κ1) is 21.3. The number of benzene rings is 1. The van der Waals surface area contributed by atoms with Crippen LogP contribution in [0.15, 0.2) is 41.0 Å². The molecule has 0 bridgehead atoms. The summed E-state index contributed by atoms with van der Waals surface area (Å²) >= 11 is 0. The number of hydrazone groups is 1. The number of aryl methyl sites for hydroxylation is 1. The molecule has 1 aromatic rings. The van der Waals surface area contributed by atoms with Crippen molar-refractivity contribution < 1.29 is 26.7 Å². The Morgan fingerprint density at radius 3 is 2.19 bits per heavy atom. The first-order valence-electron chi connectivity index (χ1n) is 8.66. The van der Waals surface area contributed by atoms with Crippen LogP contribution in [-0.4, -0.2) is 56.0 Å². The highest BCUT2D eigenvalue weighted by molar-refractivity contribution is 6.02. The lowest BCUT2D eigenvalue weighted by atomic mass is 9.96. The summed E-state index contributed by atoms with van der Waals surface area (Å²) in [6.07, 6.45) is -2.63. The first-order valence-corrected chi connectivity index (χ1v) is 8.66. The number of alkyl halides is 5. The first-order chi connectivity index (χ1) is 12.8. The fraction of sp³-hybridized carbons (Fsp3) is 0.526. The molecule has 0 N–H and O–H groups in total. The Kier molecular flexibility index (Phi) is 7.35. The minimum absolute atomic E-state index is 0.0504. The number of hydrogen-bond donors (Lipinski definition) is 0. The van der Waals surface area contributed by atoms with Crippen LogP contribution < -0.4 is 0 Å². The SMILES string of the molecule is CCc1ccc(CC2=CC(C(F)(F)F)N(C(CF)CF)N=C2COC)cc1. The summed E-state index contributed by atoms with van der Waals surface area (Å²) in [6.45, 7) is -0.578. The van der Waals surface area contributed by atoms with Gasteiger partial charge < -0.3 is 4.74 Å². The summed E-state index contributed by atoms with van der Waals surface area (Å²) in [5, 5.41) is 4.40. The highest BCUT2D eigenvalue weighted by Crippen LogP contribution is 2.32. The van der Waals surface area contributed by atoms with E-state index in [-0.39, 0.29) is 18.7 Å². The van der Waals surface area contributed by atoms with E-state index in [0.717, 1.165) is 23.6 Å². The number of rotatable bonds is 8. The van der Waals surface area contributed by atoms with Crippen molar-refractivity contribution in [3.05, 3.63) is 47.0 Å². The molecular formula is C19H23F5N2O. The molecule has 0 saturated heterocycles. The topological polar surface area (TPSA) is 24.8 Å². The van der Waals surface area contributed by atoms with Crippen LogP contribution in [0.3, 0.4) is 0 Å². The molecule has 150 valence electrons. The molecule has 2 rings (SSSR count). The molecule has 1 unspecified atom stereocenters. The van der Waals surface area contributed by atoms with Crippen molar-refractivity contribution in [2.45, 2.75) is 38.0 Å². The van der Waals surface area contributed by atoms with Crippen molar-refractivity contribution in [1.29, 1.82) is 0 Å². The van der Waals surface area contributed by atoms with Gasteiger partial charge in [-0.3, -0.25) is 5.01 Å². The van der Waals surface area contributed by atoms with Gasteiger partial charge in [-0.2, -0.15) is 18.3 Å². The summed E-state index contributed by atoms with van der Waals surface area (Å²) in [7, 11) is 1.39. The number of ether oxygens (including phenoxy) is 1. The van der Waals surface area contributed by atoms with E-state index in [1.165, 1.54) is 7.11 Å². The number of nitrogens with zero attached hydrogens (tertiary/aromatic N) is 2. The van der Waals surface area contributed by atoms with Crippen LogP contribution in [0.5, 0.6) is 0 Å². The average molecular weight is 390 g/mol. The van der Waals surface area contributed by atoms with Gasteiger partial charge in [-0.25, -0.2) is 8.78 Å². The number of hydrogen-bond acceptors (Lipinski definition) is 3. The van der Waals surface area contributed by atoms with Crippen LogP contribution in [0.2, 0.25) is 0 Å². The summed E-state index contributed by atoms with van der Waals surface area (Å²) < 4.78 is 71.7. The maximum absolute atomic E-state index is 13.5. The van der Waals surface area contributed by atoms with Gasteiger partial charge in [-0.05, 0) is 35.6 Å². The smallest absolute Gasteiger partial charge is 0.378 e. The fourth-order valence-electron chi connectivity index (χ4n) is 2.90. The van der Waals surface area contributed by atoms with Crippen molar-refractivity contribution in [1.82, 2.24) is 5.01 Å². The van der Waals surface area contributed by atoms with E-state index in [1.807, 2.05) is 31.2 Å². The quantitative estimate of drug-likeness (QED) is 0.619. The second kappa shape index (κ2) is 9.30. The van der Waals surface area contributed by atoms with Gasteiger partial charge in [0.15, 0.2) is 6.04 Å². The Balaban J connectivity index is 2.38. The minimum Gasteiger partial charge on any atom is -0.378 e. The molecule has 3 nitrogen and oxygen atoms in total. The Bertz CT molecular complexity index is 666. The molecule has 1 aromatic carbocycles. The van der Waals surface area contributed by atoms with Crippen molar-refractivity contribution in [3.63, 3.8) is 0 Å². The monoisotopic (exact) mass is 390 g/mol. The zero-order valence-corrected chi connectivity index (χ0v) is 15.3. The van der Waals surface area contributed by atoms with E-state index >= 15 is 0 Å². The molecule has 1 heterocycles. The van der Waals surface area contributed by atoms with Crippen molar-refractivity contribution in [2.24, 2.45) is 5.10 Å². The predicted octanol–water partition coefficient (Wildman–Crippen LogP) is 4.27. The lowest BCUT2D eigenvalue weighted by Gasteiger charge is -2.37. The third-order valence-corrected chi connectivity index (χ3v) is 4.42. The van der Waals surface area contributed by atoms with Crippen LogP contribution in [0.25, 0.3) is 0 Å². The molecule has 0 fully saturated rings. The molecule has 1 atom stereocenters. The van der Waals surface area contributed by atoms with Gasteiger partial charge in [0.2, 0.25) is 0 Å². The lowest BCUT2D eigenvalue weighted by Crippen LogP contribution is -2.51. The van der Waals surface area contributed by atoms with Crippen molar-refractivity contribution in [2.75, 3.05) is 27.1 Å². The van der Waals surface area contributed by atoms with Gasteiger partial charge in [-0.15, -0.1) is 0 Å². The maximum atomic E-state index is 13.5. The maximum Gasteiger partial charge on any atom is 0.414 e. The number of methoxy groups -OCH3 is 1. The molecule has 27 heavy (non-hydrogen) atoms. The van der Waals surface area contributed by atoms with E-state index < -0.39 is 31.6 Å².